The molecule has 1 rings (SSSR count). The zero-order valence-corrected chi connectivity index (χ0v) is 14.7. The van der Waals surface area contributed by atoms with Crippen LogP contribution in [0.4, 0.5) is 0 Å². The van der Waals surface area contributed by atoms with Gasteiger partial charge >= 0.3 is 0 Å². The Kier molecular flexibility index (Phi) is 5.57. The third-order valence-electron chi connectivity index (χ3n) is 3.79. The number of nitrogens with two attached hydrogens (primary N) is 1. The van der Waals surface area contributed by atoms with Crippen LogP contribution in [0.2, 0.25) is 0 Å². The number of aryl methyl sites for hydroxylation is 2. The van der Waals surface area contributed by atoms with E-state index in [0.29, 0.717) is 24.5 Å². The zero-order chi connectivity index (χ0) is 16.4. The van der Waals surface area contributed by atoms with Crippen LogP contribution in [0.1, 0.15) is 45.5 Å². The molecule has 122 valence electrons. The third kappa shape index (κ3) is 4.28. The van der Waals surface area contributed by atoms with Crippen molar-refractivity contribution < 1.29 is 8.42 Å². The molecule has 6 nitrogen and oxygen atoms in total. The van der Waals surface area contributed by atoms with Crippen LogP contribution in [-0.4, -0.2) is 30.8 Å². The fraction of sp³-hybridized carbons (Fsp3) is 0.786. The summed E-state index contributed by atoms with van der Waals surface area (Å²) < 4.78 is 29.7. The first-order valence-electron chi connectivity index (χ1n) is 7.27. The molecule has 1 atom stereocenters. The number of hydrogen-bond donors (Lipinski definition) is 2. The zero-order valence-electron chi connectivity index (χ0n) is 13.9. The summed E-state index contributed by atoms with van der Waals surface area (Å²) in [5.74, 6) is 0. The second kappa shape index (κ2) is 6.46. The Hall–Kier alpha value is -0.920. The van der Waals surface area contributed by atoms with E-state index in [-0.39, 0.29) is 16.4 Å². The van der Waals surface area contributed by atoms with Gasteiger partial charge in [-0.15, -0.1) is 0 Å². The molecule has 0 aliphatic carbocycles. The van der Waals surface area contributed by atoms with Crippen molar-refractivity contribution in [3.63, 3.8) is 0 Å². The second-order valence-corrected chi connectivity index (χ2v) is 8.23. The molecule has 0 aliphatic rings. The lowest BCUT2D eigenvalue weighted by Crippen LogP contribution is -2.41. The molecule has 0 saturated heterocycles. The molecule has 0 amide bonds. The fourth-order valence-electron chi connectivity index (χ4n) is 2.00. The second-order valence-electron chi connectivity index (χ2n) is 6.57. The van der Waals surface area contributed by atoms with Gasteiger partial charge in [0.25, 0.3) is 0 Å². The smallest absolute Gasteiger partial charge is 0.244 e. The molecule has 3 N–H and O–H groups in total. The lowest BCUT2D eigenvalue weighted by molar-refractivity contribution is 0.317. The van der Waals surface area contributed by atoms with Gasteiger partial charge < -0.3 is 5.73 Å². The summed E-state index contributed by atoms with van der Waals surface area (Å²) in [5.41, 5.74) is 6.54. The molecule has 0 aliphatic heterocycles. The quantitative estimate of drug-likeness (QED) is 0.833. The highest BCUT2D eigenvalue weighted by Gasteiger charge is 2.30. The average molecular weight is 316 g/mol. The van der Waals surface area contributed by atoms with Crippen molar-refractivity contribution in [1.82, 2.24) is 14.5 Å². The minimum Gasteiger partial charge on any atom is -0.330 e. The van der Waals surface area contributed by atoms with E-state index in [4.69, 9.17) is 5.73 Å². The summed E-state index contributed by atoms with van der Waals surface area (Å²) in [7, 11) is -3.57. The predicted molar refractivity (Wildman–Crippen MR) is 84.6 cm³/mol. The van der Waals surface area contributed by atoms with Crippen LogP contribution in [-0.2, 0) is 16.6 Å². The summed E-state index contributed by atoms with van der Waals surface area (Å²) in [6.45, 7) is 12.6. The first-order chi connectivity index (χ1) is 9.50. The molecule has 0 aromatic carbocycles. The van der Waals surface area contributed by atoms with Gasteiger partial charge in [-0.3, -0.25) is 4.68 Å². The molecule has 1 unspecified atom stereocenters. The Balaban J connectivity index is 3.12. The molecule has 1 heterocycles. The maximum absolute atomic E-state index is 12.6. The maximum atomic E-state index is 12.6. The molecule has 1 aromatic rings. The molecule has 0 bridgehead atoms. The first kappa shape index (κ1) is 18.1. The van der Waals surface area contributed by atoms with Crippen molar-refractivity contribution in [1.29, 1.82) is 0 Å². The van der Waals surface area contributed by atoms with Crippen molar-refractivity contribution in [3.8, 4) is 0 Å². The lowest BCUT2D eigenvalue weighted by Gasteiger charge is -2.27. The van der Waals surface area contributed by atoms with E-state index in [2.05, 4.69) is 9.82 Å². The highest BCUT2D eigenvalue weighted by molar-refractivity contribution is 7.89. The van der Waals surface area contributed by atoms with Gasteiger partial charge in [0, 0.05) is 12.6 Å². The highest BCUT2D eigenvalue weighted by Crippen LogP contribution is 2.24. The van der Waals surface area contributed by atoms with Crippen LogP contribution in [0.15, 0.2) is 4.90 Å². The number of sulfonamides is 1. The van der Waals surface area contributed by atoms with E-state index in [1.54, 1.807) is 18.5 Å². The predicted octanol–water partition coefficient (Wildman–Crippen LogP) is 1.56. The summed E-state index contributed by atoms with van der Waals surface area (Å²) >= 11 is 0. The van der Waals surface area contributed by atoms with Crippen LogP contribution in [0.3, 0.4) is 0 Å². The van der Waals surface area contributed by atoms with Crippen molar-refractivity contribution in [3.05, 3.63) is 11.4 Å². The Labute approximate surface area is 128 Å². The third-order valence-corrected chi connectivity index (χ3v) is 5.58. The van der Waals surface area contributed by atoms with Gasteiger partial charge in [0.15, 0.2) is 0 Å². The number of nitrogens with one attached hydrogen (secondary N) is 1. The standard InChI is InChI=1S/C14H28N4O2S/c1-10-13(11(2)18(16-10)9-7-8-15)21(19,20)17-12(3)14(4,5)6/h12,17H,7-9,15H2,1-6H3. The van der Waals surface area contributed by atoms with Gasteiger partial charge in [0.2, 0.25) is 10.0 Å². The normalized spacial score (nSPS) is 14.4. The molecule has 0 spiro atoms. The van der Waals surface area contributed by atoms with Gasteiger partial charge in [-0.2, -0.15) is 5.10 Å². The van der Waals surface area contributed by atoms with Crippen molar-refractivity contribution in [2.45, 2.75) is 65.4 Å². The van der Waals surface area contributed by atoms with Crippen molar-refractivity contribution in [2.75, 3.05) is 6.54 Å². The SMILES string of the molecule is Cc1nn(CCCN)c(C)c1S(=O)(=O)NC(C)C(C)(C)C. The largest absolute Gasteiger partial charge is 0.330 e. The Morgan fingerprint density at radius 3 is 2.38 bits per heavy atom. The minimum atomic E-state index is -3.57. The van der Waals surface area contributed by atoms with E-state index in [9.17, 15) is 8.42 Å². The lowest BCUT2D eigenvalue weighted by atomic mass is 9.89. The molecule has 21 heavy (non-hydrogen) atoms. The number of aromatic nitrogens is 2. The van der Waals surface area contributed by atoms with Gasteiger partial charge in [-0.25, -0.2) is 13.1 Å². The van der Waals surface area contributed by atoms with E-state index >= 15 is 0 Å². The Bertz CT molecular complexity index is 585. The van der Waals surface area contributed by atoms with Gasteiger partial charge in [0.1, 0.15) is 4.90 Å². The summed E-state index contributed by atoms with van der Waals surface area (Å²) in [4.78, 5) is 0.288. The Morgan fingerprint density at radius 2 is 1.90 bits per heavy atom. The number of nitrogens with zero attached hydrogens (tertiary/aromatic N) is 2. The average Bonchev–Trinajstić information content (AvgIpc) is 2.60. The first-order valence-corrected chi connectivity index (χ1v) is 8.75. The topological polar surface area (TPSA) is 90.0 Å². The van der Waals surface area contributed by atoms with Gasteiger partial charge in [-0.1, -0.05) is 20.8 Å². The van der Waals surface area contributed by atoms with E-state index in [0.717, 1.165) is 6.42 Å². The highest BCUT2D eigenvalue weighted by atomic mass is 32.2. The molecule has 0 radical (unpaired) electrons. The van der Waals surface area contributed by atoms with Crippen LogP contribution in [0, 0.1) is 19.3 Å². The van der Waals surface area contributed by atoms with Crippen LogP contribution < -0.4 is 10.5 Å². The summed E-state index contributed by atoms with van der Waals surface area (Å²) in [6.07, 6.45) is 0.771. The van der Waals surface area contributed by atoms with Gasteiger partial charge in [0.05, 0.1) is 11.4 Å². The monoisotopic (exact) mass is 316 g/mol. The molecule has 0 saturated carbocycles. The van der Waals surface area contributed by atoms with Crippen molar-refractivity contribution >= 4 is 10.0 Å². The van der Waals surface area contributed by atoms with Crippen LogP contribution >= 0.6 is 0 Å². The Morgan fingerprint density at radius 1 is 1.33 bits per heavy atom. The summed E-state index contributed by atoms with van der Waals surface area (Å²) in [5, 5.41) is 4.33. The molecule has 7 heteroatoms. The van der Waals surface area contributed by atoms with E-state index in [1.165, 1.54) is 0 Å². The molecule has 0 fully saturated rings. The van der Waals surface area contributed by atoms with Crippen LogP contribution in [0.5, 0.6) is 0 Å². The molecular weight excluding hydrogens is 288 g/mol. The van der Waals surface area contributed by atoms with E-state index in [1.807, 2.05) is 27.7 Å². The van der Waals surface area contributed by atoms with Gasteiger partial charge in [-0.05, 0) is 39.2 Å². The van der Waals surface area contributed by atoms with Crippen molar-refractivity contribution in [2.24, 2.45) is 11.1 Å². The molecule has 1 aromatic heterocycles. The van der Waals surface area contributed by atoms with E-state index < -0.39 is 10.0 Å². The fourth-order valence-corrected chi connectivity index (χ4v) is 3.86. The molecular formula is C14H28N4O2S. The summed E-state index contributed by atoms with van der Waals surface area (Å²) in [6, 6.07) is -0.173. The van der Waals surface area contributed by atoms with Crippen LogP contribution in [0.25, 0.3) is 0 Å². The number of hydrogen-bond acceptors (Lipinski definition) is 4. The minimum absolute atomic E-state index is 0.148. The number of rotatable bonds is 6. The maximum Gasteiger partial charge on any atom is 0.244 e.